The van der Waals surface area contributed by atoms with Crippen LogP contribution in [0.2, 0.25) is 0 Å². The fraction of sp³-hybridized carbons (Fsp3) is 0.00990. The van der Waals surface area contributed by atoms with E-state index in [4.69, 9.17) is 34.9 Å². The van der Waals surface area contributed by atoms with Crippen LogP contribution >= 0.6 is 0 Å². The van der Waals surface area contributed by atoms with Gasteiger partial charge < -0.3 is 14.2 Å². The second-order valence-electron chi connectivity index (χ2n) is 28.3. The van der Waals surface area contributed by atoms with Crippen molar-refractivity contribution in [2.24, 2.45) is 0 Å². The van der Waals surface area contributed by atoms with Gasteiger partial charge in [0.05, 0.1) is 22.1 Å². The van der Waals surface area contributed by atoms with Gasteiger partial charge in [0.1, 0.15) is 11.6 Å². The van der Waals surface area contributed by atoms with Gasteiger partial charge in [-0.3, -0.25) is 9.13 Å². The SMILES string of the molecule is O=S(=O)(Oc1cccc2cccc(-c3ccc(-c4nc(-c5ccccc5)nc(-c5ccccc5)n4)cc3)c12)C(F)(F)F.OB(O)c1ccc(-c2nc3ccccc3n2-c2ccccc2)cc1.c1ccc(-c2nc(-c3ccccc3)nc(-c3ccc(-c4cccc5cccc(-c6ccc(-c7nc8ccccc8n7-c7ccccc7)cc6)c45)cc3)n2)cc1. The van der Waals surface area contributed by atoms with Gasteiger partial charge in [-0.05, 0) is 110 Å². The first-order valence-corrected chi connectivity index (χ1v) is 40.2. The minimum atomic E-state index is -5.86. The molecule has 0 atom stereocenters. The fourth-order valence-electron chi connectivity index (χ4n) is 14.8. The molecule has 0 spiro atoms. The second-order valence-corrected chi connectivity index (χ2v) is 29.9. The van der Waals surface area contributed by atoms with E-state index in [1.165, 1.54) is 34.0 Å². The first-order valence-electron chi connectivity index (χ1n) is 38.8. The Balaban J connectivity index is 0.000000134. The standard InChI is InChI=1S/C50H33N5.C32H20F3N3O3S.C19H15BN2O2/c1-4-14-37(15-5-1)47-52-48(38-16-6-2-7-17-38)54-49(53-47)39-30-26-34(27-31-39)42-22-12-18-36-19-13-23-43(46(36)42)35-28-32-40(33-29-35)50-51-44-24-10-11-25-45(44)55(50)41-20-8-3-9-21-41;33-32(34,35)42(39,40)41-27-16-8-14-22-13-7-15-26(28(22)27)21-17-19-25(20-18-21)31-37-29(23-9-3-1-4-10-23)36-30(38-31)24-11-5-2-6-12-24;23-20(24)15-12-10-14(11-13-15)19-21-17-8-4-5-9-18(17)22(19)16-6-2-1-3-7-16/h1-33H;1-20H;1-13,23-24H. The maximum absolute atomic E-state index is 13.1. The van der Waals surface area contributed by atoms with Crippen LogP contribution in [0.5, 0.6) is 5.75 Å². The van der Waals surface area contributed by atoms with Crippen molar-refractivity contribution in [3.05, 3.63) is 400 Å². The molecule has 0 amide bonds. The Bertz CT molecular complexity index is 7110. The Labute approximate surface area is 694 Å². The van der Waals surface area contributed by atoms with Gasteiger partial charge in [-0.25, -0.2) is 39.9 Å². The third kappa shape index (κ3) is 16.2. The van der Waals surface area contributed by atoms with E-state index in [1.807, 2.05) is 200 Å². The van der Waals surface area contributed by atoms with E-state index in [2.05, 4.69) is 146 Å². The van der Waals surface area contributed by atoms with E-state index in [9.17, 15) is 31.6 Å². The van der Waals surface area contributed by atoms with Crippen LogP contribution in [0.4, 0.5) is 13.2 Å². The van der Waals surface area contributed by atoms with E-state index in [1.54, 1.807) is 60.7 Å². The van der Waals surface area contributed by atoms with Crippen molar-refractivity contribution in [2.45, 2.75) is 5.51 Å². The number of hydrogen-bond acceptors (Lipinski definition) is 13. The van der Waals surface area contributed by atoms with Crippen molar-refractivity contribution < 1.29 is 35.8 Å². The lowest BCUT2D eigenvalue weighted by Crippen LogP contribution is -2.29. The van der Waals surface area contributed by atoms with Crippen LogP contribution in [0.25, 0.3) is 179 Å². The number of para-hydroxylation sites is 6. The largest absolute Gasteiger partial charge is 0.534 e. The average Bonchev–Trinajstić information content (AvgIpc) is 1.74. The summed E-state index contributed by atoms with van der Waals surface area (Å²) < 4.78 is 71.8. The van der Waals surface area contributed by atoms with Gasteiger partial charge in [0.2, 0.25) is 0 Å². The fourth-order valence-corrected chi connectivity index (χ4v) is 15.3. The van der Waals surface area contributed by atoms with E-state index in [-0.39, 0.29) is 5.39 Å². The topological polar surface area (TPSA) is 197 Å². The predicted molar refractivity (Wildman–Crippen MR) is 476 cm³/mol. The summed E-state index contributed by atoms with van der Waals surface area (Å²) in [5, 5.41) is 21.7. The molecule has 121 heavy (non-hydrogen) atoms. The molecule has 20 aromatic rings. The zero-order valence-corrected chi connectivity index (χ0v) is 65.1. The van der Waals surface area contributed by atoms with Gasteiger partial charge in [0.25, 0.3) is 0 Å². The minimum Gasteiger partial charge on any atom is -0.423 e. The van der Waals surface area contributed by atoms with Gasteiger partial charge in [0.15, 0.2) is 40.7 Å². The summed E-state index contributed by atoms with van der Waals surface area (Å²) in [7, 11) is -7.33. The van der Waals surface area contributed by atoms with Crippen LogP contribution in [0, 0.1) is 0 Å². The second kappa shape index (κ2) is 33.6. The number of fused-ring (bicyclic) bond motifs is 4. The number of hydrogen-bond donors (Lipinski definition) is 2. The van der Waals surface area contributed by atoms with Gasteiger partial charge in [-0.2, -0.15) is 21.6 Å². The van der Waals surface area contributed by atoms with Crippen molar-refractivity contribution in [1.29, 1.82) is 0 Å². The summed E-state index contributed by atoms with van der Waals surface area (Å²) >= 11 is 0. The lowest BCUT2D eigenvalue weighted by Gasteiger charge is -2.14. The number of alkyl halides is 3. The summed E-state index contributed by atoms with van der Waals surface area (Å²) in [6.07, 6.45) is 0. The lowest BCUT2D eigenvalue weighted by atomic mass is 9.80. The molecule has 20 rings (SSSR count). The molecule has 0 aliphatic carbocycles. The van der Waals surface area contributed by atoms with Crippen LogP contribution < -0.4 is 9.65 Å². The van der Waals surface area contributed by atoms with E-state index >= 15 is 0 Å². The number of aromatic nitrogens is 10. The number of imidazole rings is 2. The maximum Gasteiger partial charge on any atom is 0.534 e. The van der Waals surface area contributed by atoms with Crippen molar-refractivity contribution in [1.82, 2.24) is 49.0 Å². The van der Waals surface area contributed by atoms with Crippen molar-refractivity contribution in [3.63, 3.8) is 0 Å². The highest BCUT2D eigenvalue weighted by Crippen LogP contribution is 2.42. The summed E-state index contributed by atoms with van der Waals surface area (Å²) in [5.74, 6) is 4.71. The maximum atomic E-state index is 13.1. The number of nitrogens with zero attached hydrogens (tertiary/aromatic N) is 10. The molecule has 0 bridgehead atoms. The highest BCUT2D eigenvalue weighted by atomic mass is 32.2. The van der Waals surface area contributed by atoms with E-state index < -0.39 is 28.5 Å². The Morgan fingerprint density at radius 1 is 0.273 bits per heavy atom. The average molecular weight is 1600 g/mol. The molecule has 0 unspecified atom stereocenters. The molecule has 4 heterocycles. The molecule has 4 aromatic heterocycles. The Kier molecular flexibility index (Phi) is 21.3. The third-order valence-corrected chi connectivity index (χ3v) is 21.6. The first-order chi connectivity index (χ1) is 59.2. The molecule has 20 heteroatoms. The van der Waals surface area contributed by atoms with Crippen molar-refractivity contribution in [2.75, 3.05) is 0 Å². The predicted octanol–water partition coefficient (Wildman–Crippen LogP) is 22.7. The molecule has 0 saturated heterocycles. The lowest BCUT2D eigenvalue weighted by molar-refractivity contribution is -0.0499. The highest BCUT2D eigenvalue weighted by molar-refractivity contribution is 7.88. The van der Waals surface area contributed by atoms with Crippen LogP contribution in [0.3, 0.4) is 0 Å². The molecular weight excluding hydrogens is 1530 g/mol. The summed E-state index contributed by atoms with van der Waals surface area (Å²) in [6.45, 7) is 0. The third-order valence-electron chi connectivity index (χ3n) is 20.6. The molecule has 15 nitrogen and oxygen atoms in total. The van der Waals surface area contributed by atoms with Gasteiger partial charge in [0, 0.05) is 61.3 Å². The molecule has 2 N–H and O–H groups in total. The highest BCUT2D eigenvalue weighted by Gasteiger charge is 2.49. The normalized spacial score (nSPS) is 11.4. The van der Waals surface area contributed by atoms with Gasteiger partial charge >= 0.3 is 22.7 Å². The van der Waals surface area contributed by atoms with Crippen LogP contribution in [-0.4, -0.2) is 80.1 Å². The molecule has 16 aromatic carbocycles. The first kappa shape index (κ1) is 76.8. The van der Waals surface area contributed by atoms with E-state index in [0.717, 1.165) is 95.2 Å². The monoisotopic (exact) mass is 1600 g/mol. The van der Waals surface area contributed by atoms with Crippen LogP contribution in [0.1, 0.15) is 0 Å². The Morgan fingerprint density at radius 3 is 0.884 bits per heavy atom. The number of rotatable bonds is 16. The molecular formula is C101H68BF3N10O5S. The molecule has 0 fully saturated rings. The molecule has 0 aliphatic rings. The van der Waals surface area contributed by atoms with Gasteiger partial charge in [-0.15, -0.1) is 0 Å². The van der Waals surface area contributed by atoms with Crippen LogP contribution in [-0.2, 0) is 10.1 Å². The molecule has 0 saturated carbocycles. The smallest absolute Gasteiger partial charge is 0.423 e. The molecule has 0 aliphatic heterocycles. The number of benzene rings is 16. The zero-order valence-electron chi connectivity index (χ0n) is 64.3. The molecule has 0 radical (unpaired) electrons. The summed E-state index contributed by atoms with van der Waals surface area (Å²) in [5.41, 5.74) is 13.9. The van der Waals surface area contributed by atoms with Crippen LogP contribution in [0.15, 0.2) is 400 Å². The zero-order chi connectivity index (χ0) is 82.4. The summed E-state index contributed by atoms with van der Waals surface area (Å²) in [6, 6.07) is 130. The Morgan fingerprint density at radius 2 is 0.545 bits per heavy atom. The molecule has 582 valence electrons. The number of halogens is 3. The van der Waals surface area contributed by atoms with Crippen molar-refractivity contribution in [3.8, 4) is 142 Å². The van der Waals surface area contributed by atoms with E-state index in [0.29, 0.717) is 62.5 Å². The minimum absolute atomic E-state index is 0.235. The van der Waals surface area contributed by atoms with Crippen molar-refractivity contribution >= 4 is 66.3 Å². The quantitative estimate of drug-likeness (QED) is 0.0527. The summed E-state index contributed by atoms with van der Waals surface area (Å²) in [4.78, 5) is 38.7. The Hall–Kier alpha value is -15.5. The van der Waals surface area contributed by atoms with Gasteiger partial charge in [-0.1, -0.05) is 346 Å².